The minimum absolute atomic E-state index is 0.430. The van der Waals surface area contributed by atoms with Crippen LogP contribution in [0.4, 0.5) is 0 Å². The van der Waals surface area contributed by atoms with E-state index in [0.717, 1.165) is 11.7 Å². The van der Waals surface area contributed by atoms with Gasteiger partial charge in [-0.2, -0.15) is 0 Å². The van der Waals surface area contributed by atoms with E-state index in [1.807, 2.05) is 0 Å². The number of benzene rings is 1. The van der Waals surface area contributed by atoms with Gasteiger partial charge in [0, 0.05) is 0 Å². The van der Waals surface area contributed by atoms with Gasteiger partial charge in [0.1, 0.15) is 11.9 Å². The third-order valence-electron chi connectivity index (χ3n) is 4.52. The van der Waals surface area contributed by atoms with Crippen LogP contribution in [0.15, 0.2) is 18.2 Å². The van der Waals surface area contributed by atoms with Crippen molar-refractivity contribution in [3.8, 4) is 5.75 Å². The zero-order valence-corrected chi connectivity index (χ0v) is 12.9. The smallest absolute Gasteiger partial charge is 0.122 e. The van der Waals surface area contributed by atoms with Crippen molar-refractivity contribution in [2.24, 2.45) is 5.92 Å². The fraction of sp³-hybridized carbons (Fsp3) is 0.667. The van der Waals surface area contributed by atoms with Crippen molar-refractivity contribution in [2.75, 3.05) is 0 Å². The number of ether oxygens (including phenoxy) is 1. The van der Waals surface area contributed by atoms with E-state index < -0.39 is 0 Å². The second-order valence-corrected chi connectivity index (χ2v) is 6.29. The van der Waals surface area contributed by atoms with Gasteiger partial charge in [0.2, 0.25) is 0 Å². The lowest BCUT2D eigenvalue weighted by molar-refractivity contribution is 0.0896. The van der Waals surface area contributed by atoms with Gasteiger partial charge < -0.3 is 4.74 Å². The molecule has 1 aromatic carbocycles. The topological polar surface area (TPSA) is 9.23 Å². The Kier molecular flexibility index (Phi) is 4.90. The van der Waals surface area contributed by atoms with Gasteiger partial charge in [0.25, 0.3) is 0 Å². The Morgan fingerprint density at radius 1 is 1.21 bits per heavy atom. The highest BCUT2D eigenvalue weighted by Crippen LogP contribution is 2.32. The highest BCUT2D eigenvalue weighted by atomic mass is 16.5. The standard InChI is InChI=1S/C18H28O/c1-5-15-8-6-7-9-17(15)19-18-12-16(13(2)3)11-10-14(18)4/h10-13,15,17H,5-9H2,1-4H3. The molecule has 1 fully saturated rings. The lowest BCUT2D eigenvalue weighted by Gasteiger charge is -2.32. The molecule has 0 saturated heterocycles. The molecule has 1 aliphatic rings. The average Bonchev–Trinajstić information content (AvgIpc) is 2.41. The fourth-order valence-corrected chi connectivity index (χ4v) is 3.06. The summed E-state index contributed by atoms with van der Waals surface area (Å²) in [5, 5.41) is 0. The van der Waals surface area contributed by atoms with Crippen LogP contribution in [0.1, 0.15) is 69.9 Å². The molecule has 2 rings (SSSR count). The lowest BCUT2D eigenvalue weighted by Crippen LogP contribution is -2.30. The minimum atomic E-state index is 0.430. The van der Waals surface area contributed by atoms with E-state index >= 15 is 0 Å². The molecule has 1 aromatic rings. The molecule has 1 saturated carbocycles. The van der Waals surface area contributed by atoms with E-state index in [4.69, 9.17) is 4.74 Å². The van der Waals surface area contributed by atoms with Gasteiger partial charge >= 0.3 is 0 Å². The maximum absolute atomic E-state index is 6.38. The molecule has 106 valence electrons. The Morgan fingerprint density at radius 3 is 2.63 bits per heavy atom. The SMILES string of the molecule is CCC1CCCCC1Oc1cc(C(C)C)ccc1C. The van der Waals surface area contributed by atoms with Crippen molar-refractivity contribution < 1.29 is 4.74 Å². The first-order valence-electron chi connectivity index (χ1n) is 7.89. The first-order valence-corrected chi connectivity index (χ1v) is 7.89. The third-order valence-corrected chi connectivity index (χ3v) is 4.52. The number of hydrogen-bond donors (Lipinski definition) is 0. The summed E-state index contributed by atoms with van der Waals surface area (Å²) in [6, 6.07) is 6.68. The van der Waals surface area contributed by atoms with Gasteiger partial charge in [-0.05, 0) is 61.6 Å². The van der Waals surface area contributed by atoms with Crippen molar-refractivity contribution in [1.82, 2.24) is 0 Å². The molecular formula is C18H28O. The van der Waals surface area contributed by atoms with Crippen LogP contribution in [0, 0.1) is 12.8 Å². The molecule has 1 nitrogen and oxygen atoms in total. The molecule has 0 spiro atoms. The summed E-state index contributed by atoms with van der Waals surface area (Å²) in [5.74, 6) is 2.42. The summed E-state index contributed by atoms with van der Waals surface area (Å²) in [7, 11) is 0. The van der Waals surface area contributed by atoms with Gasteiger partial charge in [-0.15, -0.1) is 0 Å². The quantitative estimate of drug-likeness (QED) is 0.698. The van der Waals surface area contributed by atoms with Gasteiger partial charge in [-0.3, -0.25) is 0 Å². The van der Waals surface area contributed by atoms with Crippen molar-refractivity contribution in [3.63, 3.8) is 0 Å². The maximum Gasteiger partial charge on any atom is 0.122 e. The van der Waals surface area contributed by atoms with Gasteiger partial charge in [-0.1, -0.05) is 39.3 Å². The predicted octanol–water partition coefficient (Wildman–Crippen LogP) is 5.47. The van der Waals surface area contributed by atoms with E-state index in [1.54, 1.807) is 0 Å². The maximum atomic E-state index is 6.38. The van der Waals surface area contributed by atoms with Crippen molar-refractivity contribution in [1.29, 1.82) is 0 Å². The van der Waals surface area contributed by atoms with E-state index in [9.17, 15) is 0 Å². The van der Waals surface area contributed by atoms with Crippen LogP contribution in [0.5, 0.6) is 5.75 Å². The highest BCUT2D eigenvalue weighted by molar-refractivity contribution is 5.38. The molecule has 0 heterocycles. The summed E-state index contributed by atoms with van der Waals surface area (Å²) in [6.45, 7) is 8.93. The van der Waals surface area contributed by atoms with Crippen LogP contribution >= 0.6 is 0 Å². The van der Waals surface area contributed by atoms with E-state index in [2.05, 4.69) is 45.9 Å². The monoisotopic (exact) mass is 260 g/mol. The molecule has 1 aliphatic carbocycles. The number of hydrogen-bond acceptors (Lipinski definition) is 1. The van der Waals surface area contributed by atoms with Crippen LogP contribution in [0.3, 0.4) is 0 Å². The van der Waals surface area contributed by atoms with E-state index in [1.165, 1.54) is 43.2 Å². The van der Waals surface area contributed by atoms with Gasteiger partial charge in [0.05, 0.1) is 0 Å². The number of rotatable bonds is 4. The van der Waals surface area contributed by atoms with E-state index in [0.29, 0.717) is 12.0 Å². The number of aryl methyl sites for hydroxylation is 1. The third kappa shape index (κ3) is 3.52. The molecular weight excluding hydrogens is 232 g/mol. The first-order chi connectivity index (χ1) is 9.11. The Labute approximate surface area is 118 Å². The van der Waals surface area contributed by atoms with Gasteiger partial charge in [-0.25, -0.2) is 0 Å². The molecule has 19 heavy (non-hydrogen) atoms. The van der Waals surface area contributed by atoms with E-state index in [-0.39, 0.29) is 0 Å². The molecule has 0 radical (unpaired) electrons. The molecule has 0 aromatic heterocycles. The Hall–Kier alpha value is -0.980. The zero-order valence-electron chi connectivity index (χ0n) is 12.9. The average molecular weight is 260 g/mol. The fourth-order valence-electron chi connectivity index (χ4n) is 3.06. The summed E-state index contributed by atoms with van der Waals surface area (Å²) >= 11 is 0. The Bertz CT molecular complexity index is 408. The van der Waals surface area contributed by atoms with Crippen LogP contribution in [-0.4, -0.2) is 6.10 Å². The summed E-state index contributed by atoms with van der Waals surface area (Å²) in [6.07, 6.45) is 6.94. The van der Waals surface area contributed by atoms with Crippen LogP contribution < -0.4 is 4.74 Å². The summed E-state index contributed by atoms with van der Waals surface area (Å²) < 4.78 is 6.38. The van der Waals surface area contributed by atoms with Crippen LogP contribution in [0.25, 0.3) is 0 Å². The van der Waals surface area contributed by atoms with Crippen molar-refractivity contribution in [2.45, 2.75) is 71.8 Å². The first kappa shape index (κ1) is 14.4. The summed E-state index contributed by atoms with van der Waals surface area (Å²) in [4.78, 5) is 0. The molecule has 0 N–H and O–H groups in total. The Morgan fingerprint density at radius 2 is 1.95 bits per heavy atom. The summed E-state index contributed by atoms with van der Waals surface area (Å²) in [5.41, 5.74) is 2.65. The lowest BCUT2D eigenvalue weighted by atomic mass is 9.84. The molecule has 2 atom stereocenters. The molecule has 1 heteroatoms. The minimum Gasteiger partial charge on any atom is -0.490 e. The molecule has 0 bridgehead atoms. The van der Waals surface area contributed by atoms with Crippen molar-refractivity contribution >= 4 is 0 Å². The van der Waals surface area contributed by atoms with Crippen molar-refractivity contribution in [3.05, 3.63) is 29.3 Å². The second kappa shape index (κ2) is 6.45. The Balaban J connectivity index is 2.14. The van der Waals surface area contributed by atoms with Gasteiger partial charge in [0.15, 0.2) is 0 Å². The highest BCUT2D eigenvalue weighted by Gasteiger charge is 2.25. The molecule has 2 unspecified atom stereocenters. The second-order valence-electron chi connectivity index (χ2n) is 6.29. The largest absolute Gasteiger partial charge is 0.490 e. The van der Waals surface area contributed by atoms with Crippen LogP contribution in [-0.2, 0) is 0 Å². The normalized spacial score (nSPS) is 23.6. The molecule has 0 aliphatic heterocycles. The zero-order chi connectivity index (χ0) is 13.8. The van der Waals surface area contributed by atoms with Crippen LogP contribution in [0.2, 0.25) is 0 Å². The molecule has 0 amide bonds. The predicted molar refractivity (Wildman–Crippen MR) is 81.9 cm³/mol.